The first-order valence-corrected chi connectivity index (χ1v) is 10.2. The zero-order chi connectivity index (χ0) is 21.2. The number of pyridine rings is 1. The molecule has 0 atom stereocenters. The smallest absolute Gasteiger partial charge is 0.248 e. The Labute approximate surface area is 174 Å². The van der Waals surface area contributed by atoms with E-state index in [0.29, 0.717) is 12.1 Å². The van der Waals surface area contributed by atoms with Gasteiger partial charge in [0, 0.05) is 36.2 Å². The maximum Gasteiger partial charge on any atom is 0.248 e. The van der Waals surface area contributed by atoms with Gasteiger partial charge in [0.15, 0.2) is 0 Å². The average molecular weight is 396 g/mol. The molecule has 1 heterocycles. The molecule has 2 rings (SSSR count). The van der Waals surface area contributed by atoms with E-state index in [1.807, 2.05) is 30.3 Å². The van der Waals surface area contributed by atoms with Gasteiger partial charge in [0.2, 0.25) is 5.91 Å². The third-order valence-electron chi connectivity index (χ3n) is 4.85. The van der Waals surface area contributed by atoms with Crippen LogP contribution >= 0.6 is 0 Å². The Bertz CT molecular complexity index is 793. The highest BCUT2D eigenvalue weighted by Crippen LogP contribution is 2.24. The van der Waals surface area contributed by atoms with Gasteiger partial charge in [-0.05, 0) is 88.5 Å². The predicted molar refractivity (Wildman–Crippen MR) is 120 cm³/mol. The summed E-state index contributed by atoms with van der Waals surface area (Å²) in [4.78, 5) is 18.8. The fourth-order valence-corrected chi connectivity index (χ4v) is 3.45. The molecule has 1 N–H and O–H groups in total. The highest BCUT2D eigenvalue weighted by Gasteiger charge is 2.13. The molecule has 0 spiro atoms. The number of aryl methyl sites for hydroxylation is 1. The van der Waals surface area contributed by atoms with Crippen molar-refractivity contribution in [2.75, 3.05) is 19.0 Å². The van der Waals surface area contributed by atoms with Gasteiger partial charge in [-0.15, -0.1) is 0 Å². The Hall–Kier alpha value is -2.66. The molecule has 156 valence electrons. The van der Waals surface area contributed by atoms with E-state index >= 15 is 0 Å². The van der Waals surface area contributed by atoms with Crippen LogP contribution in [0.3, 0.4) is 0 Å². The van der Waals surface area contributed by atoms with E-state index < -0.39 is 0 Å². The van der Waals surface area contributed by atoms with E-state index in [2.05, 4.69) is 42.9 Å². The molecule has 1 amide bonds. The van der Waals surface area contributed by atoms with Crippen molar-refractivity contribution in [3.05, 3.63) is 59.9 Å². The lowest BCUT2D eigenvalue weighted by Gasteiger charge is -2.30. The van der Waals surface area contributed by atoms with Gasteiger partial charge >= 0.3 is 0 Å². The lowest BCUT2D eigenvalue weighted by molar-refractivity contribution is -0.111. The zero-order valence-electron chi connectivity index (χ0n) is 18.2. The number of nitrogens with one attached hydrogen (secondary N) is 1. The van der Waals surface area contributed by atoms with Gasteiger partial charge in [-0.25, -0.2) is 0 Å². The van der Waals surface area contributed by atoms with Crippen molar-refractivity contribution in [2.24, 2.45) is 0 Å². The molecule has 0 unspecified atom stereocenters. The monoisotopic (exact) mass is 395 g/mol. The van der Waals surface area contributed by atoms with Crippen molar-refractivity contribution in [2.45, 2.75) is 52.6 Å². The van der Waals surface area contributed by atoms with Gasteiger partial charge in [0.1, 0.15) is 5.75 Å². The van der Waals surface area contributed by atoms with Gasteiger partial charge in [-0.1, -0.05) is 6.07 Å². The molecule has 0 saturated heterocycles. The van der Waals surface area contributed by atoms with Crippen LogP contribution in [0.25, 0.3) is 6.08 Å². The van der Waals surface area contributed by atoms with E-state index in [9.17, 15) is 4.79 Å². The third-order valence-corrected chi connectivity index (χ3v) is 4.85. The van der Waals surface area contributed by atoms with Crippen LogP contribution in [0, 0.1) is 0 Å². The second-order valence-electron chi connectivity index (χ2n) is 7.66. The van der Waals surface area contributed by atoms with Gasteiger partial charge in [-0.2, -0.15) is 0 Å². The molecule has 0 bridgehead atoms. The molecular formula is C24H33N3O2. The fraction of sp³-hybridized carbons (Fsp3) is 0.417. The summed E-state index contributed by atoms with van der Waals surface area (Å²) in [6.07, 6.45) is 8.62. The highest BCUT2D eigenvalue weighted by molar-refractivity contribution is 6.02. The maximum atomic E-state index is 12.2. The third kappa shape index (κ3) is 7.35. The van der Waals surface area contributed by atoms with Gasteiger partial charge in [-0.3, -0.25) is 14.7 Å². The number of amides is 1. The minimum absolute atomic E-state index is 0.171. The van der Waals surface area contributed by atoms with Gasteiger partial charge in [0.05, 0.1) is 7.11 Å². The zero-order valence-corrected chi connectivity index (χ0v) is 18.2. The molecule has 0 radical (unpaired) electrons. The molecule has 1 aromatic carbocycles. The lowest BCUT2D eigenvalue weighted by Crippen LogP contribution is -2.37. The molecule has 29 heavy (non-hydrogen) atoms. The Morgan fingerprint density at radius 1 is 1.21 bits per heavy atom. The molecule has 2 aromatic rings. The number of rotatable bonds is 10. The Morgan fingerprint density at radius 3 is 2.59 bits per heavy atom. The van der Waals surface area contributed by atoms with Crippen molar-refractivity contribution in [1.82, 2.24) is 9.88 Å². The van der Waals surface area contributed by atoms with Crippen LogP contribution in [0.5, 0.6) is 5.75 Å². The van der Waals surface area contributed by atoms with Crippen LogP contribution in [0.15, 0.2) is 48.8 Å². The highest BCUT2D eigenvalue weighted by atomic mass is 16.5. The number of ether oxygens (including phenoxy) is 1. The largest absolute Gasteiger partial charge is 0.496 e. The number of nitrogens with zero attached hydrogens (tertiary/aromatic N) is 2. The predicted octanol–water partition coefficient (Wildman–Crippen LogP) is 4.79. The van der Waals surface area contributed by atoms with Crippen LogP contribution in [0.2, 0.25) is 0 Å². The Balaban J connectivity index is 2.00. The Kier molecular flexibility index (Phi) is 8.87. The molecule has 0 aliphatic carbocycles. The average Bonchev–Trinajstić information content (AvgIpc) is 2.70. The summed E-state index contributed by atoms with van der Waals surface area (Å²) in [6, 6.07) is 10.6. The molecule has 5 nitrogen and oxygen atoms in total. The number of hydrogen-bond donors (Lipinski definition) is 1. The van der Waals surface area contributed by atoms with E-state index in [1.165, 1.54) is 6.08 Å². The van der Waals surface area contributed by atoms with Crippen LogP contribution in [0.4, 0.5) is 5.69 Å². The summed E-state index contributed by atoms with van der Waals surface area (Å²) >= 11 is 0. The second-order valence-corrected chi connectivity index (χ2v) is 7.66. The Morgan fingerprint density at radius 2 is 1.97 bits per heavy atom. The number of benzene rings is 1. The lowest BCUT2D eigenvalue weighted by atomic mass is 10.1. The van der Waals surface area contributed by atoms with Crippen LogP contribution in [-0.2, 0) is 11.2 Å². The number of anilines is 1. The first-order chi connectivity index (χ1) is 13.9. The molecular weight excluding hydrogens is 362 g/mol. The number of carbonyl (C=O) groups excluding carboxylic acids is 1. The normalized spacial score (nSPS) is 11.6. The van der Waals surface area contributed by atoms with Crippen molar-refractivity contribution < 1.29 is 9.53 Å². The van der Waals surface area contributed by atoms with E-state index in [0.717, 1.165) is 42.0 Å². The number of aromatic nitrogens is 1. The minimum Gasteiger partial charge on any atom is -0.496 e. The number of hydrogen-bond acceptors (Lipinski definition) is 4. The fourth-order valence-electron chi connectivity index (χ4n) is 3.45. The molecule has 5 heteroatoms. The first-order valence-electron chi connectivity index (χ1n) is 10.2. The second kappa shape index (κ2) is 11.4. The standard InChI is InChI=1S/C24H33N3O2/c1-18(2)27(19(3)4)15-7-9-21-16-22(11-12-23(21)29-5)26-24(28)13-10-20-8-6-14-25-17-20/h6,8,10-14,16-19H,7,9,15H2,1-5H3,(H,26,28). The van der Waals surface area contributed by atoms with E-state index in [1.54, 1.807) is 25.6 Å². The number of methoxy groups -OCH3 is 1. The van der Waals surface area contributed by atoms with Crippen LogP contribution in [-0.4, -0.2) is 41.5 Å². The maximum absolute atomic E-state index is 12.2. The minimum atomic E-state index is -0.171. The number of carbonyl (C=O) groups is 1. The summed E-state index contributed by atoms with van der Waals surface area (Å²) in [7, 11) is 1.68. The summed E-state index contributed by atoms with van der Waals surface area (Å²) in [5.74, 6) is 0.685. The summed E-state index contributed by atoms with van der Waals surface area (Å²) in [5, 5.41) is 2.93. The van der Waals surface area contributed by atoms with Crippen molar-refractivity contribution in [1.29, 1.82) is 0 Å². The van der Waals surface area contributed by atoms with Crippen molar-refractivity contribution in [3.63, 3.8) is 0 Å². The van der Waals surface area contributed by atoms with Crippen molar-refractivity contribution >= 4 is 17.7 Å². The van der Waals surface area contributed by atoms with Gasteiger partial charge in [0.25, 0.3) is 0 Å². The van der Waals surface area contributed by atoms with Crippen molar-refractivity contribution in [3.8, 4) is 5.75 Å². The summed E-state index contributed by atoms with van der Waals surface area (Å²) in [6.45, 7) is 9.96. The molecule has 1 aromatic heterocycles. The summed E-state index contributed by atoms with van der Waals surface area (Å²) < 4.78 is 5.52. The van der Waals surface area contributed by atoms with E-state index in [-0.39, 0.29) is 5.91 Å². The van der Waals surface area contributed by atoms with E-state index in [4.69, 9.17) is 4.74 Å². The molecule has 0 saturated carbocycles. The van der Waals surface area contributed by atoms with Gasteiger partial charge < -0.3 is 10.1 Å². The first kappa shape index (κ1) is 22.6. The van der Waals surface area contributed by atoms with Crippen LogP contribution in [0.1, 0.15) is 45.2 Å². The molecule has 0 aliphatic heterocycles. The molecule has 0 aliphatic rings. The quantitative estimate of drug-likeness (QED) is 0.588. The summed E-state index contributed by atoms with van der Waals surface area (Å²) in [5.41, 5.74) is 2.76. The van der Waals surface area contributed by atoms with Crippen LogP contribution < -0.4 is 10.1 Å². The topological polar surface area (TPSA) is 54.5 Å². The molecule has 0 fully saturated rings. The SMILES string of the molecule is COc1ccc(NC(=O)C=Cc2cccnc2)cc1CCCN(C(C)C)C(C)C.